The van der Waals surface area contributed by atoms with Crippen LogP contribution in [0.25, 0.3) is 0 Å². The second kappa shape index (κ2) is 5.69. The number of pyridine rings is 1. The molecule has 0 aliphatic heterocycles. The van der Waals surface area contributed by atoms with Gasteiger partial charge < -0.3 is 10.0 Å². The molecule has 0 spiro atoms. The van der Waals surface area contributed by atoms with Crippen LogP contribution >= 0.6 is 0 Å². The highest BCUT2D eigenvalue weighted by Gasteiger charge is 2.19. The number of carbonyl (C=O) groups is 1. The molecule has 20 heavy (non-hydrogen) atoms. The van der Waals surface area contributed by atoms with Crippen molar-refractivity contribution >= 4 is 11.6 Å². The molecule has 0 bridgehead atoms. The molecule has 0 unspecified atom stereocenters. The maximum absolute atomic E-state index is 12.9. The largest absolute Gasteiger partial charge is 0.508 e. The summed E-state index contributed by atoms with van der Waals surface area (Å²) in [4.78, 5) is 17.7. The molecule has 1 amide bonds. The van der Waals surface area contributed by atoms with E-state index in [-0.39, 0.29) is 17.4 Å². The van der Waals surface area contributed by atoms with E-state index < -0.39 is 5.82 Å². The number of phenolic OH excluding ortho intramolecular Hbond substituents is 1. The molecule has 0 fully saturated rings. The standard InChI is InChI=1S/C15H15FN2O2/c1-3-18(14-8-12(19)6-4-10(14)2)15(20)13-7-5-11(16)9-17-13/h4-9,19H,3H2,1-2H3. The van der Waals surface area contributed by atoms with Crippen molar-refractivity contribution in [1.82, 2.24) is 4.98 Å². The van der Waals surface area contributed by atoms with Crippen LogP contribution in [-0.2, 0) is 0 Å². The van der Waals surface area contributed by atoms with E-state index >= 15 is 0 Å². The van der Waals surface area contributed by atoms with E-state index in [2.05, 4.69) is 4.98 Å². The van der Waals surface area contributed by atoms with Crippen LogP contribution in [0.15, 0.2) is 36.5 Å². The number of benzene rings is 1. The van der Waals surface area contributed by atoms with Gasteiger partial charge in [-0.25, -0.2) is 9.37 Å². The van der Waals surface area contributed by atoms with Crippen molar-refractivity contribution in [2.24, 2.45) is 0 Å². The summed E-state index contributed by atoms with van der Waals surface area (Å²) in [6, 6.07) is 7.37. The lowest BCUT2D eigenvalue weighted by Gasteiger charge is -2.22. The smallest absolute Gasteiger partial charge is 0.276 e. The number of nitrogens with zero attached hydrogens (tertiary/aromatic N) is 2. The van der Waals surface area contributed by atoms with Crippen LogP contribution in [0, 0.1) is 12.7 Å². The number of hydrogen-bond acceptors (Lipinski definition) is 3. The summed E-state index contributed by atoms with van der Waals surface area (Å²) in [5.41, 5.74) is 1.64. The minimum atomic E-state index is -0.488. The summed E-state index contributed by atoms with van der Waals surface area (Å²) in [5.74, 6) is -0.733. The second-order valence-electron chi connectivity index (χ2n) is 4.38. The van der Waals surface area contributed by atoms with E-state index in [4.69, 9.17) is 0 Å². The molecule has 1 N–H and O–H groups in total. The van der Waals surface area contributed by atoms with E-state index in [0.717, 1.165) is 11.8 Å². The Hall–Kier alpha value is -2.43. The van der Waals surface area contributed by atoms with Gasteiger partial charge in [0, 0.05) is 12.6 Å². The predicted molar refractivity (Wildman–Crippen MR) is 74.4 cm³/mol. The number of amides is 1. The maximum Gasteiger partial charge on any atom is 0.276 e. The van der Waals surface area contributed by atoms with Crippen LogP contribution in [0.2, 0.25) is 0 Å². The highest BCUT2D eigenvalue weighted by atomic mass is 19.1. The number of anilines is 1. The van der Waals surface area contributed by atoms with Gasteiger partial charge in [-0.15, -0.1) is 0 Å². The first-order valence-corrected chi connectivity index (χ1v) is 6.26. The van der Waals surface area contributed by atoms with Crippen molar-refractivity contribution in [3.05, 3.63) is 53.6 Å². The SMILES string of the molecule is CCN(C(=O)c1ccc(F)cn1)c1cc(O)ccc1C. The lowest BCUT2D eigenvalue weighted by atomic mass is 10.1. The maximum atomic E-state index is 12.9. The van der Waals surface area contributed by atoms with Crippen molar-refractivity contribution in [1.29, 1.82) is 0 Å². The molecule has 0 radical (unpaired) electrons. The zero-order chi connectivity index (χ0) is 14.7. The molecule has 0 saturated carbocycles. The van der Waals surface area contributed by atoms with Crippen LogP contribution in [0.5, 0.6) is 5.75 Å². The number of aromatic nitrogens is 1. The lowest BCUT2D eigenvalue weighted by Crippen LogP contribution is -2.31. The third-order valence-corrected chi connectivity index (χ3v) is 2.99. The zero-order valence-electron chi connectivity index (χ0n) is 11.3. The Kier molecular flexibility index (Phi) is 3.98. The summed E-state index contributed by atoms with van der Waals surface area (Å²) in [5, 5.41) is 9.57. The Balaban J connectivity index is 2.39. The Morgan fingerprint density at radius 1 is 1.35 bits per heavy atom. The normalized spacial score (nSPS) is 10.3. The Morgan fingerprint density at radius 3 is 2.70 bits per heavy atom. The number of halogens is 1. The highest BCUT2D eigenvalue weighted by Crippen LogP contribution is 2.26. The van der Waals surface area contributed by atoms with Crippen LogP contribution in [0.3, 0.4) is 0 Å². The van der Waals surface area contributed by atoms with Gasteiger partial charge in [0.15, 0.2) is 0 Å². The Labute approximate surface area is 116 Å². The number of carbonyl (C=O) groups excluding carboxylic acids is 1. The fraction of sp³-hybridized carbons (Fsp3) is 0.200. The third-order valence-electron chi connectivity index (χ3n) is 2.99. The summed E-state index contributed by atoms with van der Waals surface area (Å²) in [6.07, 6.45) is 1.01. The van der Waals surface area contributed by atoms with Gasteiger partial charge in [0.1, 0.15) is 17.3 Å². The van der Waals surface area contributed by atoms with E-state index in [1.54, 1.807) is 12.1 Å². The molecule has 2 rings (SSSR count). The molecule has 5 heteroatoms. The van der Waals surface area contributed by atoms with Crippen LogP contribution in [0.1, 0.15) is 23.0 Å². The van der Waals surface area contributed by atoms with Gasteiger partial charge in [0.2, 0.25) is 0 Å². The molecule has 104 valence electrons. The van der Waals surface area contributed by atoms with Gasteiger partial charge in [0.05, 0.1) is 11.9 Å². The number of aryl methyl sites for hydroxylation is 1. The number of rotatable bonds is 3. The molecule has 2 aromatic rings. The molecule has 1 aromatic carbocycles. The monoisotopic (exact) mass is 274 g/mol. The van der Waals surface area contributed by atoms with E-state index in [0.29, 0.717) is 12.2 Å². The first kappa shape index (κ1) is 14.0. The first-order valence-electron chi connectivity index (χ1n) is 6.26. The summed E-state index contributed by atoms with van der Waals surface area (Å²) < 4.78 is 12.9. The number of aromatic hydroxyl groups is 1. The fourth-order valence-electron chi connectivity index (χ4n) is 1.95. The van der Waals surface area contributed by atoms with Gasteiger partial charge in [0.25, 0.3) is 5.91 Å². The van der Waals surface area contributed by atoms with E-state index in [1.165, 1.54) is 23.1 Å². The summed E-state index contributed by atoms with van der Waals surface area (Å²) >= 11 is 0. The molecule has 1 aromatic heterocycles. The lowest BCUT2D eigenvalue weighted by molar-refractivity contribution is 0.0983. The Morgan fingerprint density at radius 2 is 2.10 bits per heavy atom. The topological polar surface area (TPSA) is 53.4 Å². The highest BCUT2D eigenvalue weighted by molar-refractivity contribution is 6.05. The average Bonchev–Trinajstić information content (AvgIpc) is 2.44. The second-order valence-corrected chi connectivity index (χ2v) is 4.38. The molecular weight excluding hydrogens is 259 g/mol. The van der Waals surface area contributed by atoms with Crippen LogP contribution in [0.4, 0.5) is 10.1 Å². The summed E-state index contributed by atoms with van der Waals surface area (Å²) in [6.45, 7) is 4.09. The molecule has 0 atom stereocenters. The van der Waals surface area contributed by atoms with Crippen molar-refractivity contribution < 1.29 is 14.3 Å². The molecule has 0 aliphatic carbocycles. The first-order chi connectivity index (χ1) is 9.52. The van der Waals surface area contributed by atoms with Gasteiger partial charge in [-0.2, -0.15) is 0 Å². The Bertz CT molecular complexity index is 626. The minimum Gasteiger partial charge on any atom is -0.508 e. The average molecular weight is 274 g/mol. The zero-order valence-corrected chi connectivity index (χ0v) is 11.3. The summed E-state index contributed by atoms with van der Waals surface area (Å²) in [7, 11) is 0. The molecule has 1 heterocycles. The third kappa shape index (κ3) is 2.77. The van der Waals surface area contributed by atoms with Crippen LogP contribution < -0.4 is 4.90 Å². The quantitative estimate of drug-likeness (QED) is 0.936. The van der Waals surface area contributed by atoms with Crippen molar-refractivity contribution in [2.45, 2.75) is 13.8 Å². The molecule has 0 aliphatic rings. The fourth-order valence-corrected chi connectivity index (χ4v) is 1.95. The predicted octanol–water partition coefficient (Wildman–Crippen LogP) is 2.90. The van der Waals surface area contributed by atoms with E-state index in [9.17, 15) is 14.3 Å². The molecular formula is C15H15FN2O2. The van der Waals surface area contributed by atoms with Crippen LogP contribution in [-0.4, -0.2) is 22.5 Å². The van der Waals surface area contributed by atoms with E-state index in [1.807, 2.05) is 13.8 Å². The van der Waals surface area contributed by atoms with Crippen molar-refractivity contribution in [2.75, 3.05) is 11.4 Å². The number of hydrogen-bond donors (Lipinski definition) is 1. The van der Waals surface area contributed by atoms with Gasteiger partial charge >= 0.3 is 0 Å². The minimum absolute atomic E-state index is 0.0870. The van der Waals surface area contributed by atoms with Crippen molar-refractivity contribution in [3.8, 4) is 5.75 Å². The van der Waals surface area contributed by atoms with Gasteiger partial charge in [-0.3, -0.25) is 4.79 Å². The number of phenols is 1. The molecule has 0 saturated heterocycles. The van der Waals surface area contributed by atoms with Gasteiger partial charge in [-0.1, -0.05) is 6.07 Å². The van der Waals surface area contributed by atoms with Crippen molar-refractivity contribution in [3.63, 3.8) is 0 Å². The molecule has 4 nitrogen and oxygen atoms in total. The van der Waals surface area contributed by atoms with Gasteiger partial charge in [-0.05, 0) is 37.6 Å².